The molecule has 2 aromatic rings. The highest BCUT2D eigenvalue weighted by Crippen LogP contribution is 2.45. The van der Waals surface area contributed by atoms with Gasteiger partial charge in [0.25, 0.3) is 6.43 Å². The molecular weight excluding hydrogens is 482 g/mol. The molecule has 0 spiro atoms. The molecule has 1 N–H and O–H groups in total. The van der Waals surface area contributed by atoms with Crippen molar-refractivity contribution in [1.82, 2.24) is 20.1 Å². The second-order valence-electron chi connectivity index (χ2n) is 10.1. The maximum atomic E-state index is 14.3. The van der Waals surface area contributed by atoms with E-state index in [2.05, 4.69) is 20.5 Å². The van der Waals surface area contributed by atoms with Crippen molar-refractivity contribution in [3.63, 3.8) is 0 Å². The van der Waals surface area contributed by atoms with Crippen LogP contribution in [0, 0.1) is 0 Å². The predicted octanol–water partition coefficient (Wildman–Crippen LogP) is 3.91. The summed E-state index contributed by atoms with van der Waals surface area (Å²) >= 11 is 6.00. The molecule has 3 aliphatic rings. The normalized spacial score (nSPS) is 23.3. The maximum Gasteiger partial charge on any atom is 0.410 e. The number of nitrogens with zero attached hydrogens (tertiary/aromatic N) is 5. The van der Waals surface area contributed by atoms with Crippen LogP contribution in [0.3, 0.4) is 0 Å². The molecule has 1 fully saturated rings. The Bertz CT molecular complexity index is 1150. The number of fused-ring (bicyclic) bond motifs is 4. The van der Waals surface area contributed by atoms with Gasteiger partial charge >= 0.3 is 6.09 Å². The molecule has 35 heavy (non-hydrogen) atoms. The van der Waals surface area contributed by atoms with Crippen LogP contribution in [-0.4, -0.2) is 69.5 Å². The number of amides is 1. The number of ether oxygens (including phenoxy) is 2. The summed E-state index contributed by atoms with van der Waals surface area (Å²) in [6.07, 6.45) is -2.81. The smallest absolute Gasteiger partial charge is 0.410 e. The van der Waals surface area contributed by atoms with Crippen LogP contribution in [-0.2, 0) is 17.7 Å². The average molecular weight is 509 g/mol. The Kier molecular flexibility index (Phi) is 5.85. The van der Waals surface area contributed by atoms with Gasteiger partial charge in [0.15, 0.2) is 11.0 Å². The Morgan fingerprint density at radius 1 is 1.31 bits per heavy atom. The highest BCUT2D eigenvalue weighted by molar-refractivity contribution is 6.29. The van der Waals surface area contributed by atoms with E-state index in [1.165, 1.54) is 0 Å². The molecule has 0 radical (unpaired) electrons. The molecule has 9 nitrogen and oxygen atoms in total. The minimum atomic E-state index is -2.61. The zero-order chi connectivity index (χ0) is 25.0. The molecule has 1 amide bonds. The van der Waals surface area contributed by atoms with E-state index in [0.29, 0.717) is 36.9 Å². The van der Waals surface area contributed by atoms with E-state index in [1.807, 2.05) is 26.8 Å². The SMILES string of the molecule is CC(C)(C)OC(=O)N1CCc2nc(O[C@H]3CN4c5cc(Cl)nnc5NC[C@@]4(C(F)F)C3)ccc2C1. The maximum absolute atomic E-state index is 14.3. The summed E-state index contributed by atoms with van der Waals surface area (Å²) in [4.78, 5) is 20.3. The summed E-state index contributed by atoms with van der Waals surface area (Å²) in [6.45, 7) is 6.63. The van der Waals surface area contributed by atoms with E-state index >= 15 is 0 Å². The Balaban J connectivity index is 1.31. The molecular formula is C23H27ClF2N6O3. The van der Waals surface area contributed by atoms with Gasteiger partial charge in [-0.05, 0) is 26.3 Å². The van der Waals surface area contributed by atoms with Gasteiger partial charge in [0.05, 0.1) is 24.5 Å². The molecule has 2 atom stereocenters. The number of hydrogen-bond donors (Lipinski definition) is 1. The lowest BCUT2D eigenvalue weighted by Crippen LogP contribution is -2.57. The molecule has 12 heteroatoms. The number of aromatic nitrogens is 3. The number of rotatable bonds is 3. The Hall–Kier alpha value is -2.95. The summed E-state index contributed by atoms with van der Waals surface area (Å²) in [5, 5.41) is 10.9. The van der Waals surface area contributed by atoms with Crippen molar-refractivity contribution >= 4 is 29.2 Å². The lowest BCUT2D eigenvalue weighted by atomic mass is 9.93. The van der Waals surface area contributed by atoms with Crippen LogP contribution in [0.15, 0.2) is 18.2 Å². The van der Waals surface area contributed by atoms with Gasteiger partial charge in [0.1, 0.15) is 17.2 Å². The molecule has 0 bridgehead atoms. The Morgan fingerprint density at radius 3 is 2.86 bits per heavy atom. The first-order valence-electron chi connectivity index (χ1n) is 11.5. The van der Waals surface area contributed by atoms with Crippen LogP contribution in [0.5, 0.6) is 5.88 Å². The van der Waals surface area contributed by atoms with Crippen LogP contribution in [0.1, 0.15) is 38.4 Å². The van der Waals surface area contributed by atoms with Crippen molar-refractivity contribution in [3.05, 3.63) is 34.6 Å². The van der Waals surface area contributed by atoms with Gasteiger partial charge in [-0.3, -0.25) is 0 Å². The lowest BCUT2D eigenvalue weighted by Gasteiger charge is -2.43. The van der Waals surface area contributed by atoms with Gasteiger partial charge in [-0.15, -0.1) is 10.2 Å². The second kappa shape index (κ2) is 8.61. The van der Waals surface area contributed by atoms with Crippen molar-refractivity contribution in [1.29, 1.82) is 0 Å². The number of carbonyl (C=O) groups is 1. The standard InChI is InChI=1S/C23H27ClF2N6O3/c1-22(2,3)35-21(33)31-7-6-15-13(10-31)4-5-18(28-15)34-14-9-23(20(25)26)12-27-19-16(32(23)11-14)8-17(24)29-30-19/h4-5,8,14,20H,6-7,9-12H2,1-3H3,(H,27,30)/t14-,23-/m1/s1. The average Bonchev–Trinajstić information content (AvgIpc) is 3.17. The molecule has 0 aromatic carbocycles. The number of carbonyl (C=O) groups excluding carboxylic acids is 1. The summed E-state index contributed by atoms with van der Waals surface area (Å²) in [5.74, 6) is 0.801. The first-order valence-corrected chi connectivity index (χ1v) is 11.9. The fourth-order valence-corrected chi connectivity index (χ4v) is 5.01. The molecule has 188 valence electrons. The van der Waals surface area contributed by atoms with Crippen LogP contribution in [0.25, 0.3) is 0 Å². The fourth-order valence-electron chi connectivity index (χ4n) is 4.87. The minimum Gasteiger partial charge on any atom is -0.472 e. The molecule has 5 rings (SSSR count). The van der Waals surface area contributed by atoms with Gasteiger partial charge in [-0.25, -0.2) is 18.6 Å². The van der Waals surface area contributed by atoms with E-state index in [-0.39, 0.29) is 30.8 Å². The van der Waals surface area contributed by atoms with Gasteiger partial charge in [-0.1, -0.05) is 17.7 Å². The molecule has 3 aliphatic heterocycles. The van der Waals surface area contributed by atoms with Crippen LogP contribution < -0.4 is 15.0 Å². The van der Waals surface area contributed by atoms with Crippen LogP contribution in [0.2, 0.25) is 5.15 Å². The van der Waals surface area contributed by atoms with E-state index in [1.54, 1.807) is 21.9 Å². The van der Waals surface area contributed by atoms with Gasteiger partial charge in [-0.2, -0.15) is 0 Å². The van der Waals surface area contributed by atoms with Crippen molar-refractivity contribution in [2.75, 3.05) is 29.9 Å². The first kappa shape index (κ1) is 23.8. The van der Waals surface area contributed by atoms with Crippen LogP contribution >= 0.6 is 11.6 Å². The first-order chi connectivity index (χ1) is 16.5. The van der Waals surface area contributed by atoms with Crippen molar-refractivity contribution in [2.45, 2.75) is 63.8 Å². The monoisotopic (exact) mass is 508 g/mol. The molecule has 5 heterocycles. The quantitative estimate of drug-likeness (QED) is 0.667. The summed E-state index contributed by atoms with van der Waals surface area (Å²) in [5.41, 5.74) is 0.227. The topological polar surface area (TPSA) is 92.7 Å². The highest BCUT2D eigenvalue weighted by atomic mass is 35.5. The third-order valence-corrected chi connectivity index (χ3v) is 6.65. The number of nitrogens with one attached hydrogen (secondary N) is 1. The van der Waals surface area contributed by atoms with E-state index in [9.17, 15) is 13.6 Å². The summed E-state index contributed by atoms with van der Waals surface area (Å²) < 4.78 is 40.2. The highest BCUT2D eigenvalue weighted by Gasteiger charge is 2.56. The van der Waals surface area contributed by atoms with Gasteiger partial charge in [0, 0.05) is 38.1 Å². The number of halogens is 3. The fraction of sp³-hybridized carbons (Fsp3) is 0.565. The summed E-state index contributed by atoms with van der Waals surface area (Å²) in [7, 11) is 0. The number of pyridine rings is 1. The van der Waals surface area contributed by atoms with E-state index in [4.69, 9.17) is 21.1 Å². The number of hydrogen-bond acceptors (Lipinski definition) is 8. The van der Waals surface area contributed by atoms with E-state index < -0.39 is 23.7 Å². The lowest BCUT2D eigenvalue weighted by molar-refractivity contribution is 0.0222. The van der Waals surface area contributed by atoms with Gasteiger partial charge in [0.2, 0.25) is 5.88 Å². The molecule has 2 aromatic heterocycles. The number of alkyl halides is 2. The van der Waals surface area contributed by atoms with Crippen molar-refractivity contribution in [2.24, 2.45) is 0 Å². The molecule has 0 unspecified atom stereocenters. The molecule has 0 saturated carbocycles. The second-order valence-corrected chi connectivity index (χ2v) is 10.5. The third kappa shape index (κ3) is 4.53. The Labute approximate surface area is 206 Å². The van der Waals surface area contributed by atoms with Crippen molar-refractivity contribution in [3.8, 4) is 5.88 Å². The molecule has 1 saturated heterocycles. The zero-order valence-electron chi connectivity index (χ0n) is 19.7. The van der Waals surface area contributed by atoms with Crippen molar-refractivity contribution < 1.29 is 23.0 Å². The Morgan fingerprint density at radius 2 is 2.11 bits per heavy atom. The predicted molar refractivity (Wildman–Crippen MR) is 125 cm³/mol. The van der Waals surface area contributed by atoms with Crippen LogP contribution in [0.4, 0.5) is 25.1 Å². The zero-order valence-corrected chi connectivity index (χ0v) is 20.5. The number of anilines is 2. The summed E-state index contributed by atoms with van der Waals surface area (Å²) in [6, 6.07) is 5.13. The third-order valence-electron chi connectivity index (χ3n) is 6.47. The largest absolute Gasteiger partial charge is 0.472 e. The minimum absolute atomic E-state index is 0.0198. The van der Waals surface area contributed by atoms with Gasteiger partial charge < -0.3 is 24.6 Å². The molecule has 0 aliphatic carbocycles. The van der Waals surface area contributed by atoms with E-state index in [0.717, 1.165) is 11.3 Å².